The second kappa shape index (κ2) is 13.3. The molecule has 0 amide bonds. The number of aromatic nitrogens is 4. The van der Waals surface area contributed by atoms with Gasteiger partial charge < -0.3 is 8.98 Å². The number of fused-ring (bicyclic) bond motifs is 6. The molecule has 0 atom stereocenters. The lowest BCUT2D eigenvalue weighted by Gasteiger charge is -2.15. The molecule has 7 aromatic carbocycles. The minimum Gasteiger partial charge on any atom is -0.456 e. The van der Waals surface area contributed by atoms with Crippen molar-refractivity contribution in [2.45, 2.75) is 26.2 Å². The molecule has 0 fully saturated rings. The molecule has 0 unspecified atom stereocenters. The highest BCUT2D eigenvalue weighted by atomic mass is 16.3. The monoisotopic (exact) mass is 696 g/mol. The van der Waals surface area contributed by atoms with Crippen LogP contribution in [0.3, 0.4) is 0 Å². The van der Waals surface area contributed by atoms with E-state index < -0.39 is 0 Å². The van der Waals surface area contributed by atoms with Crippen molar-refractivity contribution in [3.8, 4) is 51.0 Å². The van der Waals surface area contributed by atoms with Gasteiger partial charge in [0.25, 0.3) is 0 Å². The summed E-state index contributed by atoms with van der Waals surface area (Å²) in [5.41, 5.74) is 11.5. The Morgan fingerprint density at radius 1 is 0.481 bits per heavy atom. The van der Waals surface area contributed by atoms with Crippen LogP contribution in [0.25, 0.3) is 94.7 Å². The zero-order valence-electron chi connectivity index (χ0n) is 29.9. The van der Waals surface area contributed by atoms with E-state index in [4.69, 9.17) is 19.4 Å². The summed E-state index contributed by atoms with van der Waals surface area (Å²) >= 11 is 0. The molecule has 0 bridgehead atoms. The SMILES string of the molecule is CCCCc1ccc(-c2nc(-c3ccccc3)nc(-c3ccccc3-n3c4ccccc4c4cc(-c5cccc6oc7ccccc7c56)ccc43)n2)cc1. The lowest BCUT2D eigenvalue weighted by Crippen LogP contribution is -2.03. The second-order valence-electron chi connectivity index (χ2n) is 13.9. The van der Waals surface area contributed by atoms with Gasteiger partial charge in [-0.25, -0.2) is 15.0 Å². The van der Waals surface area contributed by atoms with E-state index >= 15 is 0 Å². The lowest BCUT2D eigenvalue weighted by atomic mass is 9.98. The maximum atomic E-state index is 6.26. The van der Waals surface area contributed by atoms with E-state index in [9.17, 15) is 0 Å². The van der Waals surface area contributed by atoms with Gasteiger partial charge in [-0.05, 0) is 72.0 Å². The van der Waals surface area contributed by atoms with Crippen molar-refractivity contribution in [2.75, 3.05) is 0 Å². The molecule has 0 saturated heterocycles. The van der Waals surface area contributed by atoms with E-state index in [0.29, 0.717) is 17.5 Å². The molecule has 0 aliphatic heterocycles. The summed E-state index contributed by atoms with van der Waals surface area (Å²) in [7, 11) is 0. The van der Waals surface area contributed by atoms with Crippen molar-refractivity contribution in [2.24, 2.45) is 0 Å². The third-order valence-electron chi connectivity index (χ3n) is 10.5. The summed E-state index contributed by atoms with van der Waals surface area (Å²) in [5.74, 6) is 1.93. The number of unbranched alkanes of at least 4 members (excludes halogenated alkanes) is 1. The number of nitrogens with zero attached hydrogens (tertiary/aromatic N) is 4. The third kappa shape index (κ3) is 5.44. The van der Waals surface area contributed by atoms with Crippen LogP contribution < -0.4 is 0 Å². The number of benzene rings is 7. The van der Waals surface area contributed by atoms with Gasteiger partial charge in [0.2, 0.25) is 0 Å². The second-order valence-corrected chi connectivity index (χ2v) is 13.9. The predicted octanol–water partition coefficient (Wildman–Crippen LogP) is 12.9. The van der Waals surface area contributed by atoms with Crippen molar-refractivity contribution in [1.82, 2.24) is 19.5 Å². The fourth-order valence-corrected chi connectivity index (χ4v) is 7.82. The number of para-hydroxylation sites is 3. The Bertz CT molecular complexity index is 2980. The summed E-state index contributed by atoms with van der Waals surface area (Å²) in [4.78, 5) is 15.3. The van der Waals surface area contributed by atoms with Crippen LogP contribution >= 0.6 is 0 Å². The van der Waals surface area contributed by atoms with Crippen LogP contribution in [0.15, 0.2) is 168 Å². The fraction of sp³-hybridized carbons (Fsp3) is 0.0816. The molecule has 54 heavy (non-hydrogen) atoms. The molecule has 5 nitrogen and oxygen atoms in total. The molecule has 0 radical (unpaired) electrons. The lowest BCUT2D eigenvalue weighted by molar-refractivity contribution is 0.669. The van der Waals surface area contributed by atoms with Crippen LogP contribution in [0, 0.1) is 0 Å². The summed E-state index contributed by atoms with van der Waals surface area (Å²) in [6, 6.07) is 57.4. The first-order valence-electron chi connectivity index (χ1n) is 18.7. The molecule has 10 rings (SSSR count). The summed E-state index contributed by atoms with van der Waals surface area (Å²) in [6.07, 6.45) is 3.41. The average Bonchev–Trinajstić information content (AvgIpc) is 3.79. The standard InChI is InChI=1S/C49H36N4O/c1-2-3-14-32-25-27-34(28-26-32)48-50-47(33-15-5-4-6-16-33)51-49(52-48)38-18-8-11-22-42(38)53-41-21-10-7-17-37(41)40-31-35(29-30-43(40)53)36-20-13-24-45-46(36)39-19-9-12-23-44(39)54-45/h4-13,15-31H,2-3,14H2,1H3. The Labute approximate surface area is 313 Å². The number of hydrogen-bond acceptors (Lipinski definition) is 4. The zero-order chi connectivity index (χ0) is 36.0. The molecule has 258 valence electrons. The molecule has 3 aromatic heterocycles. The van der Waals surface area contributed by atoms with Crippen molar-refractivity contribution in [3.63, 3.8) is 0 Å². The van der Waals surface area contributed by atoms with E-state index in [1.54, 1.807) is 0 Å². The van der Waals surface area contributed by atoms with Crippen LogP contribution in [0.1, 0.15) is 25.3 Å². The molecule has 0 spiro atoms. The van der Waals surface area contributed by atoms with Crippen molar-refractivity contribution in [1.29, 1.82) is 0 Å². The Morgan fingerprint density at radius 2 is 1.11 bits per heavy atom. The Kier molecular flexibility index (Phi) is 7.84. The topological polar surface area (TPSA) is 56.7 Å². The highest BCUT2D eigenvalue weighted by molar-refractivity contribution is 6.15. The maximum absolute atomic E-state index is 6.26. The van der Waals surface area contributed by atoms with Gasteiger partial charge in [0.1, 0.15) is 11.2 Å². The van der Waals surface area contributed by atoms with Crippen molar-refractivity contribution in [3.05, 3.63) is 169 Å². The van der Waals surface area contributed by atoms with Gasteiger partial charge in [0.15, 0.2) is 17.5 Å². The van der Waals surface area contributed by atoms with Crippen LogP contribution in [0.5, 0.6) is 0 Å². The van der Waals surface area contributed by atoms with Crippen LogP contribution in [-0.2, 0) is 6.42 Å². The minimum atomic E-state index is 0.630. The maximum Gasteiger partial charge on any atom is 0.166 e. The molecule has 10 aromatic rings. The molecule has 3 heterocycles. The van der Waals surface area contributed by atoms with Gasteiger partial charge >= 0.3 is 0 Å². The predicted molar refractivity (Wildman–Crippen MR) is 222 cm³/mol. The Hall–Kier alpha value is -6.85. The zero-order valence-corrected chi connectivity index (χ0v) is 29.9. The van der Waals surface area contributed by atoms with Gasteiger partial charge in [0, 0.05) is 38.2 Å². The quantitative estimate of drug-likeness (QED) is 0.159. The van der Waals surface area contributed by atoms with E-state index in [2.05, 4.69) is 145 Å². The van der Waals surface area contributed by atoms with Gasteiger partial charge in [-0.1, -0.05) is 135 Å². The first kappa shape index (κ1) is 31.9. The highest BCUT2D eigenvalue weighted by Gasteiger charge is 2.20. The molecule has 0 N–H and O–H groups in total. The van der Waals surface area contributed by atoms with Crippen LogP contribution in [0.4, 0.5) is 0 Å². The average molecular weight is 697 g/mol. The summed E-state index contributed by atoms with van der Waals surface area (Å²) < 4.78 is 8.61. The first-order chi connectivity index (χ1) is 26.7. The highest BCUT2D eigenvalue weighted by Crippen LogP contribution is 2.41. The van der Waals surface area contributed by atoms with E-state index in [-0.39, 0.29) is 0 Å². The molecule has 0 saturated carbocycles. The summed E-state index contributed by atoms with van der Waals surface area (Å²) in [5, 5.41) is 4.61. The number of hydrogen-bond donors (Lipinski definition) is 0. The van der Waals surface area contributed by atoms with E-state index in [0.717, 1.165) is 72.9 Å². The molecule has 5 heteroatoms. The largest absolute Gasteiger partial charge is 0.456 e. The van der Waals surface area contributed by atoms with Crippen LogP contribution in [0.2, 0.25) is 0 Å². The molecular weight excluding hydrogens is 661 g/mol. The number of aryl methyl sites for hydroxylation is 1. The number of rotatable bonds is 8. The van der Waals surface area contributed by atoms with E-state index in [1.165, 1.54) is 29.2 Å². The first-order valence-corrected chi connectivity index (χ1v) is 18.7. The fourth-order valence-electron chi connectivity index (χ4n) is 7.82. The van der Waals surface area contributed by atoms with Crippen LogP contribution in [-0.4, -0.2) is 19.5 Å². The van der Waals surface area contributed by atoms with Gasteiger partial charge in [0.05, 0.1) is 16.7 Å². The smallest absolute Gasteiger partial charge is 0.166 e. The van der Waals surface area contributed by atoms with Crippen molar-refractivity contribution >= 4 is 43.7 Å². The molecule has 0 aliphatic rings. The van der Waals surface area contributed by atoms with Crippen molar-refractivity contribution < 1.29 is 4.42 Å². The van der Waals surface area contributed by atoms with Gasteiger partial charge in [-0.2, -0.15) is 0 Å². The third-order valence-corrected chi connectivity index (χ3v) is 10.5. The van der Waals surface area contributed by atoms with Gasteiger partial charge in [-0.15, -0.1) is 0 Å². The summed E-state index contributed by atoms with van der Waals surface area (Å²) in [6.45, 7) is 2.23. The Balaban J connectivity index is 1.16. The Morgan fingerprint density at radius 3 is 1.94 bits per heavy atom. The minimum absolute atomic E-state index is 0.630. The van der Waals surface area contributed by atoms with Gasteiger partial charge in [-0.3, -0.25) is 0 Å². The molecular formula is C49H36N4O. The van der Waals surface area contributed by atoms with E-state index in [1.807, 2.05) is 30.3 Å². The molecule has 0 aliphatic carbocycles. The number of furan rings is 1. The normalized spacial score (nSPS) is 11.6.